The van der Waals surface area contributed by atoms with Crippen LogP contribution in [0.5, 0.6) is 0 Å². The Morgan fingerprint density at radius 3 is 2.50 bits per heavy atom. The lowest BCUT2D eigenvalue weighted by atomic mass is 10.0. The standard InChI is InChI=1S/C21H23ClN4O3S/c1-12-6-8-14(22)10-16(12)26(20(28)15-11-30-25-24-15)18(17-9-7-13(2)29-17)19(27)23-21(3,4)5/h6-11,18H,1-5H3,(H,23,27). The number of anilines is 1. The van der Waals surface area contributed by atoms with Crippen molar-refractivity contribution in [1.82, 2.24) is 14.9 Å². The van der Waals surface area contributed by atoms with E-state index in [1.807, 2.05) is 27.7 Å². The number of hydrogen-bond donors (Lipinski definition) is 1. The number of hydrogen-bond acceptors (Lipinski definition) is 6. The molecule has 0 fully saturated rings. The average Bonchev–Trinajstić information content (AvgIpc) is 3.31. The summed E-state index contributed by atoms with van der Waals surface area (Å²) in [5.41, 5.74) is 0.879. The highest BCUT2D eigenvalue weighted by molar-refractivity contribution is 7.03. The number of furan rings is 1. The van der Waals surface area contributed by atoms with E-state index in [4.69, 9.17) is 16.0 Å². The first-order chi connectivity index (χ1) is 14.1. The fourth-order valence-corrected chi connectivity index (χ4v) is 3.60. The SMILES string of the molecule is Cc1ccc(C(C(=O)NC(C)(C)C)N(C(=O)c2csnn2)c2cc(Cl)ccc2C)o1. The number of carbonyl (C=O) groups excluding carboxylic acids is 2. The van der Waals surface area contributed by atoms with E-state index >= 15 is 0 Å². The third-order valence-corrected chi connectivity index (χ3v) is 5.00. The zero-order valence-electron chi connectivity index (χ0n) is 17.4. The molecule has 1 unspecified atom stereocenters. The van der Waals surface area contributed by atoms with Crippen molar-refractivity contribution in [3.63, 3.8) is 0 Å². The molecule has 3 aromatic rings. The van der Waals surface area contributed by atoms with Gasteiger partial charge in [-0.15, -0.1) is 5.10 Å². The second-order valence-corrected chi connectivity index (χ2v) is 9.03. The lowest BCUT2D eigenvalue weighted by molar-refractivity contribution is -0.124. The number of benzene rings is 1. The number of halogens is 1. The van der Waals surface area contributed by atoms with Crippen molar-refractivity contribution in [3.8, 4) is 0 Å². The van der Waals surface area contributed by atoms with Gasteiger partial charge in [0, 0.05) is 21.6 Å². The molecule has 9 heteroatoms. The van der Waals surface area contributed by atoms with Gasteiger partial charge in [0.1, 0.15) is 11.5 Å². The Balaban J connectivity index is 2.21. The summed E-state index contributed by atoms with van der Waals surface area (Å²) in [4.78, 5) is 28.3. The van der Waals surface area contributed by atoms with Crippen molar-refractivity contribution in [2.24, 2.45) is 0 Å². The lowest BCUT2D eigenvalue weighted by Crippen LogP contribution is -2.49. The topological polar surface area (TPSA) is 88.3 Å². The molecule has 0 bridgehead atoms. The zero-order chi connectivity index (χ0) is 22.1. The van der Waals surface area contributed by atoms with E-state index in [9.17, 15) is 9.59 Å². The zero-order valence-corrected chi connectivity index (χ0v) is 19.0. The van der Waals surface area contributed by atoms with E-state index in [1.165, 1.54) is 4.90 Å². The molecule has 2 heterocycles. The van der Waals surface area contributed by atoms with Crippen molar-refractivity contribution >= 4 is 40.6 Å². The highest BCUT2D eigenvalue weighted by Crippen LogP contribution is 2.34. The number of aryl methyl sites for hydroxylation is 2. The Morgan fingerprint density at radius 1 is 1.20 bits per heavy atom. The number of amides is 2. The van der Waals surface area contributed by atoms with Crippen LogP contribution in [0.2, 0.25) is 5.02 Å². The molecule has 1 aromatic carbocycles. The first kappa shape index (κ1) is 22.0. The molecule has 0 aliphatic heterocycles. The monoisotopic (exact) mass is 446 g/mol. The van der Waals surface area contributed by atoms with Crippen LogP contribution in [0.1, 0.15) is 54.4 Å². The Kier molecular flexibility index (Phi) is 6.28. The van der Waals surface area contributed by atoms with E-state index in [0.717, 1.165) is 17.1 Å². The summed E-state index contributed by atoms with van der Waals surface area (Å²) in [7, 11) is 0. The largest absolute Gasteiger partial charge is 0.464 e. The van der Waals surface area contributed by atoms with Gasteiger partial charge >= 0.3 is 0 Å². The molecule has 2 amide bonds. The van der Waals surface area contributed by atoms with Crippen LogP contribution in [0.25, 0.3) is 0 Å². The molecule has 3 rings (SSSR count). The van der Waals surface area contributed by atoms with Crippen molar-refractivity contribution in [2.45, 2.75) is 46.2 Å². The fourth-order valence-electron chi connectivity index (χ4n) is 3.00. The van der Waals surface area contributed by atoms with E-state index in [-0.39, 0.29) is 11.6 Å². The van der Waals surface area contributed by atoms with Crippen molar-refractivity contribution in [2.75, 3.05) is 4.90 Å². The third kappa shape index (κ3) is 4.88. The molecule has 1 atom stereocenters. The van der Waals surface area contributed by atoms with Gasteiger partial charge in [0.25, 0.3) is 11.8 Å². The van der Waals surface area contributed by atoms with Gasteiger partial charge < -0.3 is 9.73 Å². The summed E-state index contributed by atoms with van der Waals surface area (Å²) in [5, 5.41) is 8.85. The molecule has 0 aliphatic carbocycles. The minimum atomic E-state index is -1.07. The molecule has 2 aromatic heterocycles. The van der Waals surface area contributed by atoms with E-state index in [0.29, 0.717) is 22.2 Å². The summed E-state index contributed by atoms with van der Waals surface area (Å²) in [5.74, 6) is 0.110. The maximum atomic E-state index is 13.5. The maximum absolute atomic E-state index is 13.5. The Hall–Kier alpha value is -2.71. The molecule has 0 saturated carbocycles. The smallest absolute Gasteiger partial charge is 0.280 e. The molecular formula is C21H23ClN4O3S. The van der Waals surface area contributed by atoms with Crippen LogP contribution in [0.3, 0.4) is 0 Å². The molecular weight excluding hydrogens is 424 g/mol. The van der Waals surface area contributed by atoms with Gasteiger partial charge in [0.15, 0.2) is 11.7 Å². The summed E-state index contributed by atoms with van der Waals surface area (Å²) < 4.78 is 9.59. The Bertz CT molecular complexity index is 1060. The summed E-state index contributed by atoms with van der Waals surface area (Å²) >= 11 is 7.30. The second kappa shape index (κ2) is 8.57. The molecule has 0 saturated heterocycles. The van der Waals surface area contributed by atoms with Crippen molar-refractivity contribution in [1.29, 1.82) is 0 Å². The maximum Gasteiger partial charge on any atom is 0.280 e. The molecule has 0 radical (unpaired) electrons. The van der Waals surface area contributed by atoms with Gasteiger partial charge in [-0.3, -0.25) is 14.5 Å². The number of carbonyl (C=O) groups is 2. The number of nitrogens with one attached hydrogen (secondary N) is 1. The predicted molar refractivity (Wildman–Crippen MR) is 117 cm³/mol. The van der Waals surface area contributed by atoms with Gasteiger partial charge in [-0.1, -0.05) is 22.2 Å². The molecule has 1 N–H and O–H groups in total. The molecule has 0 spiro atoms. The molecule has 7 nitrogen and oxygen atoms in total. The Labute approximate surface area is 184 Å². The highest BCUT2D eigenvalue weighted by atomic mass is 35.5. The summed E-state index contributed by atoms with van der Waals surface area (Å²) in [6.45, 7) is 9.24. The first-order valence-corrected chi connectivity index (χ1v) is 10.5. The first-order valence-electron chi connectivity index (χ1n) is 9.32. The van der Waals surface area contributed by atoms with Crippen molar-refractivity contribution in [3.05, 3.63) is 63.5 Å². The fraction of sp³-hybridized carbons (Fsp3) is 0.333. The predicted octanol–water partition coefficient (Wildman–Crippen LogP) is 4.70. The Morgan fingerprint density at radius 2 is 1.93 bits per heavy atom. The quantitative estimate of drug-likeness (QED) is 0.613. The van der Waals surface area contributed by atoms with E-state index < -0.39 is 17.5 Å². The van der Waals surface area contributed by atoms with Gasteiger partial charge in [0.2, 0.25) is 0 Å². The third-order valence-electron chi connectivity index (χ3n) is 4.26. The second-order valence-electron chi connectivity index (χ2n) is 7.99. The normalized spacial score (nSPS) is 12.5. The van der Waals surface area contributed by atoms with Gasteiger partial charge in [-0.25, -0.2) is 0 Å². The average molecular weight is 447 g/mol. The minimum Gasteiger partial charge on any atom is -0.464 e. The summed E-state index contributed by atoms with van der Waals surface area (Å²) in [6, 6.07) is 7.57. The number of nitrogens with zero attached hydrogens (tertiary/aromatic N) is 3. The number of aromatic nitrogens is 2. The minimum absolute atomic E-state index is 0.135. The van der Waals surface area contributed by atoms with Gasteiger partial charge in [0.05, 0.1) is 0 Å². The van der Waals surface area contributed by atoms with Crippen LogP contribution < -0.4 is 10.2 Å². The van der Waals surface area contributed by atoms with Crippen LogP contribution >= 0.6 is 23.1 Å². The number of rotatable bonds is 5. The summed E-state index contributed by atoms with van der Waals surface area (Å²) in [6.07, 6.45) is 0. The van der Waals surface area contributed by atoms with Gasteiger partial charge in [-0.05, 0) is 76.0 Å². The van der Waals surface area contributed by atoms with Crippen LogP contribution in [-0.4, -0.2) is 26.9 Å². The van der Waals surface area contributed by atoms with Gasteiger partial charge in [-0.2, -0.15) is 0 Å². The van der Waals surface area contributed by atoms with Crippen LogP contribution in [0, 0.1) is 13.8 Å². The van der Waals surface area contributed by atoms with Crippen LogP contribution in [0.15, 0.2) is 40.1 Å². The lowest BCUT2D eigenvalue weighted by Gasteiger charge is -2.32. The molecule has 158 valence electrons. The highest BCUT2D eigenvalue weighted by Gasteiger charge is 2.38. The van der Waals surface area contributed by atoms with Crippen LogP contribution in [0.4, 0.5) is 5.69 Å². The van der Waals surface area contributed by atoms with Crippen molar-refractivity contribution < 1.29 is 14.0 Å². The van der Waals surface area contributed by atoms with E-state index in [2.05, 4.69) is 14.9 Å². The van der Waals surface area contributed by atoms with E-state index in [1.54, 1.807) is 42.6 Å². The molecule has 30 heavy (non-hydrogen) atoms. The van der Waals surface area contributed by atoms with Crippen LogP contribution in [-0.2, 0) is 4.79 Å². The molecule has 0 aliphatic rings.